The minimum absolute atomic E-state index is 0.00759. The summed E-state index contributed by atoms with van der Waals surface area (Å²) in [5.74, 6) is 5.22. The van der Waals surface area contributed by atoms with Gasteiger partial charge >= 0.3 is 6.18 Å². The minimum Gasteiger partial charge on any atom is -0.372 e. The Labute approximate surface area is 395 Å². The van der Waals surface area contributed by atoms with Crippen LogP contribution in [0.5, 0.6) is 0 Å². The van der Waals surface area contributed by atoms with Gasteiger partial charge in [0.2, 0.25) is 23.6 Å². The lowest BCUT2D eigenvalue weighted by Crippen LogP contribution is -2.54. The molecule has 9 rings (SSSR count). The van der Waals surface area contributed by atoms with Gasteiger partial charge in [-0.2, -0.15) is 13.2 Å². The number of carbonyl (C=O) groups excluding carboxylic acids is 4. The van der Waals surface area contributed by atoms with Crippen molar-refractivity contribution in [2.45, 2.75) is 127 Å². The van der Waals surface area contributed by atoms with Crippen molar-refractivity contribution in [1.82, 2.24) is 41.1 Å². The smallest absolute Gasteiger partial charge is 0.372 e. The van der Waals surface area contributed by atoms with Crippen LogP contribution in [0.3, 0.4) is 0 Å². The van der Waals surface area contributed by atoms with Gasteiger partial charge < -0.3 is 20.0 Å². The number of imide groups is 1. The highest BCUT2D eigenvalue weighted by Crippen LogP contribution is 2.43. The molecule has 9 unspecified atom stereocenters. The second-order valence-electron chi connectivity index (χ2n) is 21.4. The lowest BCUT2D eigenvalue weighted by atomic mass is 9.73. The third kappa shape index (κ3) is 11.8. The van der Waals surface area contributed by atoms with Gasteiger partial charge in [0.15, 0.2) is 0 Å². The summed E-state index contributed by atoms with van der Waals surface area (Å²) in [5, 5.41) is 11.3. The molecule has 13 nitrogen and oxygen atoms in total. The molecule has 6 saturated heterocycles. The van der Waals surface area contributed by atoms with Crippen LogP contribution >= 0.6 is 0 Å². The van der Waals surface area contributed by atoms with Crippen molar-refractivity contribution < 1.29 is 32.3 Å². The number of nitrogens with one attached hydrogen (secondary N) is 4. The molecule has 0 bridgehead atoms. The van der Waals surface area contributed by atoms with Gasteiger partial charge in [-0.05, 0) is 132 Å². The third-order valence-corrected chi connectivity index (χ3v) is 17.1. The number of benzene rings is 1. The fourth-order valence-electron chi connectivity index (χ4n) is 12.8. The van der Waals surface area contributed by atoms with E-state index in [4.69, 9.17) is 0 Å². The topological polar surface area (TPSA) is 133 Å². The van der Waals surface area contributed by atoms with Gasteiger partial charge in [0, 0.05) is 101 Å². The molecule has 67 heavy (non-hydrogen) atoms. The molecule has 0 aromatic heterocycles. The number of halogens is 3. The maximum Gasteiger partial charge on any atom is 0.392 e. The molecule has 0 radical (unpaired) electrons. The van der Waals surface area contributed by atoms with Crippen LogP contribution in [0.25, 0.3) is 0 Å². The van der Waals surface area contributed by atoms with Crippen molar-refractivity contribution >= 4 is 29.3 Å². The Balaban J connectivity index is 0.676. The van der Waals surface area contributed by atoms with Crippen LogP contribution in [-0.4, -0.2) is 146 Å². The maximum absolute atomic E-state index is 14.7. The van der Waals surface area contributed by atoms with Crippen LogP contribution < -0.4 is 26.3 Å². The van der Waals surface area contributed by atoms with Gasteiger partial charge in [-0.25, -0.2) is 5.01 Å². The average molecular weight is 934 g/mol. The summed E-state index contributed by atoms with van der Waals surface area (Å²) in [4.78, 5) is 60.4. The van der Waals surface area contributed by atoms with Gasteiger partial charge in [-0.1, -0.05) is 30.9 Å². The number of nitrogens with zero attached hydrogens (tertiary/aromatic N) is 5. The Hall–Kier alpha value is -3.75. The second kappa shape index (κ2) is 21.5. The summed E-state index contributed by atoms with van der Waals surface area (Å²) in [5.41, 5.74) is 5.57. The first-order valence-electron chi connectivity index (χ1n) is 25.9. The molecule has 1 aromatic carbocycles. The fraction of sp³-hybridized carbons (Fsp3) is 0.765. The zero-order valence-corrected chi connectivity index (χ0v) is 39.5. The number of alkyl halides is 3. The van der Waals surface area contributed by atoms with E-state index in [0.717, 1.165) is 108 Å². The molecule has 4 N–H and O–H groups in total. The number of anilines is 1. The van der Waals surface area contributed by atoms with E-state index in [1.807, 2.05) is 17.0 Å². The van der Waals surface area contributed by atoms with Crippen molar-refractivity contribution in [3.63, 3.8) is 0 Å². The van der Waals surface area contributed by atoms with Gasteiger partial charge in [-0.15, -0.1) is 0 Å². The van der Waals surface area contributed by atoms with Crippen LogP contribution in [0, 0.1) is 53.3 Å². The normalized spacial score (nSPS) is 33.4. The molecule has 6 aliphatic heterocycles. The molecular formula is C51H74F3N9O4. The highest BCUT2D eigenvalue weighted by Gasteiger charge is 2.49. The van der Waals surface area contributed by atoms with Crippen molar-refractivity contribution in [3.8, 4) is 11.8 Å². The molecule has 368 valence electrons. The summed E-state index contributed by atoms with van der Waals surface area (Å²) >= 11 is 0. The van der Waals surface area contributed by atoms with Crippen LogP contribution in [0.2, 0.25) is 0 Å². The van der Waals surface area contributed by atoms with E-state index in [-0.39, 0.29) is 59.8 Å². The second-order valence-corrected chi connectivity index (χ2v) is 21.4. The molecule has 4 amide bonds. The Kier molecular flexibility index (Phi) is 15.5. The molecule has 6 heterocycles. The first-order chi connectivity index (χ1) is 32.3. The monoisotopic (exact) mass is 934 g/mol. The van der Waals surface area contributed by atoms with E-state index in [1.165, 1.54) is 0 Å². The summed E-state index contributed by atoms with van der Waals surface area (Å²) in [6, 6.07) is 7.83. The van der Waals surface area contributed by atoms with Crippen LogP contribution in [0.15, 0.2) is 24.3 Å². The standard InChI is InChI=1S/C51H74F3N9O4/c1-34-7-8-39(28-37(34)10-12-43-31-55-46-6-3-19-56-63(43)46)48(65)57-41-11-9-40(45(30-41)51(52,53)54)33-60-24-26-62(27-25-60)50(67)36-17-20-59(21-18-36)32-35-15-22-61(23-16-35)42-5-2-4-38(29-42)44-13-14-47(64)58-49(44)66/h2,4-5,29,34-37,39-41,43-46,55-56H,3,6-9,11,13-28,30-33H2,1H3,(H,57,65)(H,58,64,66). The predicted octanol–water partition coefficient (Wildman–Crippen LogP) is 4.70. The van der Waals surface area contributed by atoms with Gasteiger partial charge in [0.25, 0.3) is 0 Å². The maximum atomic E-state index is 14.7. The third-order valence-electron chi connectivity index (χ3n) is 17.1. The average Bonchev–Trinajstić information content (AvgIpc) is 3.75. The van der Waals surface area contributed by atoms with Gasteiger partial charge in [-0.3, -0.25) is 40.1 Å². The molecular weight excluding hydrogens is 860 g/mol. The summed E-state index contributed by atoms with van der Waals surface area (Å²) in [6.07, 6.45) is 6.14. The van der Waals surface area contributed by atoms with Gasteiger partial charge in [0.1, 0.15) is 0 Å². The van der Waals surface area contributed by atoms with Crippen molar-refractivity contribution in [1.29, 1.82) is 0 Å². The molecule has 2 aliphatic carbocycles. The molecule has 2 saturated carbocycles. The van der Waals surface area contributed by atoms with Gasteiger partial charge in [0.05, 0.1) is 24.0 Å². The van der Waals surface area contributed by atoms with Crippen LogP contribution in [-0.2, 0) is 19.2 Å². The van der Waals surface area contributed by atoms with Crippen LogP contribution in [0.1, 0.15) is 108 Å². The van der Waals surface area contributed by atoms with Crippen molar-refractivity contribution in [2.75, 3.05) is 83.4 Å². The number of amides is 4. The number of rotatable bonds is 9. The Morgan fingerprint density at radius 2 is 1.60 bits per heavy atom. The zero-order chi connectivity index (χ0) is 46.7. The Bertz CT molecular complexity index is 1970. The highest BCUT2D eigenvalue weighted by atomic mass is 19.4. The van der Waals surface area contributed by atoms with E-state index < -0.39 is 24.1 Å². The van der Waals surface area contributed by atoms with E-state index in [9.17, 15) is 32.3 Å². The van der Waals surface area contributed by atoms with Crippen molar-refractivity contribution in [2.24, 2.45) is 41.4 Å². The molecule has 9 atom stereocenters. The fourth-order valence-corrected chi connectivity index (χ4v) is 12.8. The number of hydrazine groups is 1. The zero-order valence-electron chi connectivity index (χ0n) is 39.5. The summed E-state index contributed by atoms with van der Waals surface area (Å²) in [6.45, 7) is 11.3. The molecule has 8 fully saturated rings. The molecule has 16 heteroatoms. The largest absolute Gasteiger partial charge is 0.392 e. The minimum atomic E-state index is -4.34. The first-order valence-corrected chi connectivity index (χ1v) is 25.9. The van der Waals surface area contributed by atoms with Crippen molar-refractivity contribution in [3.05, 3.63) is 29.8 Å². The molecule has 8 aliphatic rings. The molecule has 0 spiro atoms. The number of carbonyl (C=O) groups is 4. The number of likely N-dealkylation sites (tertiary alicyclic amines) is 1. The lowest BCUT2D eigenvalue weighted by molar-refractivity contribution is -0.200. The number of piperazine rings is 1. The van der Waals surface area contributed by atoms with E-state index in [0.29, 0.717) is 82.8 Å². The number of fused-ring (bicyclic) bond motifs is 1. The SMILES string of the molecule is CC1CCC(C(=O)NC2CCC(CN3CCN(C(=O)C4CCN(CC5CCN(c6cccc(C7CCC(=O)NC7=O)c6)CC5)CC4)CC3)C(C(F)(F)F)C2)CC1C#CC1CNC2CCCNN12. The Morgan fingerprint density at radius 3 is 2.36 bits per heavy atom. The number of hydrogen-bond donors (Lipinski definition) is 4. The van der Waals surface area contributed by atoms with Crippen LogP contribution in [0.4, 0.5) is 18.9 Å². The van der Waals surface area contributed by atoms with E-state index in [1.54, 1.807) is 0 Å². The first kappa shape index (κ1) is 48.3. The Morgan fingerprint density at radius 1 is 0.821 bits per heavy atom. The quantitative estimate of drug-likeness (QED) is 0.204. The summed E-state index contributed by atoms with van der Waals surface area (Å²) in [7, 11) is 0. The summed E-state index contributed by atoms with van der Waals surface area (Å²) < 4.78 is 44.1. The predicted molar refractivity (Wildman–Crippen MR) is 250 cm³/mol. The lowest BCUT2D eigenvalue weighted by Gasteiger charge is -2.43. The number of piperidine rings is 3. The van der Waals surface area contributed by atoms with E-state index >= 15 is 0 Å². The highest BCUT2D eigenvalue weighted by molar-refractivity contribution is 6.01. The number of hydrogen-bond acceptors (Lipinski definition) is 10. The molecule has 1 aromatic rings. The van der Waals surface area contributed by atoms with E-state index in [2.05, 4.69) is 72.0 Å².